The molecule has 5 nitrogen and oxygen atoms in total. The van der Waals surface area contributed by atoms with Gasteiger partial charge in [-0.3, -0.25) is 4.57 Å². The van der Waals surface area contributed by atoms with Crippen molar-refractivity contribution in [3.8, 4) is 0 Å². The average Bonchev–Trinajstić information content (AvgIpc) is 2.73. The van der Waals surface area contributed by atoms with E-state index in [0.717, 1.165) is 28.9 Å². The molecule has 0 unspecified atom stereocenters. The molecule has 0 aliphatic heterocycles. The molecule has 1 aromatic carbocycles. The predicted molar refractivity (Wildman–Crippen MR) is 84.1 cm³/mol. The van der Waals surface area contributed by atoms with E-state index >= 15 is 0 Å². The van der Waals surface area contributed by atoms with Crippen molar-refractivity contribution in [2.75, 3.05) is 6.54 Å². The van der Waals surface area contributed by atoms with Crippen molar-refractivity contribution in [3.63, 3.8) is 0 Å². The van der Waals surface area contributed by atoms with Crippen molar-refractivity contribution in [3.05, 3.63) is 38.7 Å². The van der Waals surface area contributed by atoms with Gasteiger partial charge in [-0.05, 0) is 42.4 Å². The summed E-state index contributed by atoms with van der Waals surface area (Å²) in [6, 6.07) is 6.16. The molecule has 0 fully saturated rings. The van der Waals surface area contributed by atoms with Crippen LogP contribution in [0.4, 0.5) is 0 Å². The van der Waals surface area contributed by atoms with Crippen LogP contribution in [-0.4, -0.2) is 21.3 Å². The Balaban J connectivity index is 2.22. The number of rotatable bonds is 6. The molecule has 108 valence electrons. The van der Waals surface area contributed by atoms with E-state index in [4.69, 9.17) is 0 Å². The molecule has 7 heteroatoms. The summed E-state index contributed by atoms with van der Waals surface area (Å²) in [4.78, 5) is 12.5. The average molecular weight is 357 g/mol. The number of halogens is 1. The zero-order valence-corrected chi connectivity index (χ0v) is 13.8. The summed E-state index contributed by atoms with van der Waals surface area (Å²) in [7, 11) is 1.71. The molecule has 0 bridgehead atoms. The lowest BCUT2D eigenvalue weighted by atomic mass is 10.2. The van der Waals surface area contributed by atoms with E-state index in [9.17, 15) is 4.79 Å². The Labute approximate surface area is 130 Å². The standard InChI is InChI=1S/C13H17BrN4OS/c1-3-6-15-8-9-4-5-10(14)7-11(9)20-13-17-16-12(19)18(13)2/h4-5,7,15H,3,6,8H2,1-2H3,(H,16,19). The Kier molecular flexibility index (Phi) is 5.45. The summed E-state index contributed by atoms with van der Waals surface area (Å²) < 4.78 is 2.52. The summed E-state index contributed by atoms with van der Waals surface area (Å²) in [5, 5.41) is 10.5. The number of H-pyrrole nitrogens is 1. The minimum Gasteiger partial charge on any atom is -0.313 e. The molecule has 1 aromatic heterocycles. The van der Waals surface area contributed by atoms with Gasteiger partial charge in [-0.2, -0.15) is 0 Å². The van der Waals surface area contributed by atoms with Gasteiger partial charge < -0.3 is 5.32 Å². The lowest BCUT2D eigenvalue weighted by molar-refractivity contribution is 0.669. The predicted octanol–water partition coefficient (Wildman–Crippen LogP) is 2.52. The largest absolute Gasteiger partial charge is 0.343 e. The first-order valence-corrected chi connectivity index (χ1v) is 8.01. The normalized spacial score (nSPS) is 10.9. The number of hydrogen-bond acceptors (Lipinski definition) is 4. The zero-order chi connectivity index (χ0) is 14.5. The van der Waals surface area contributed by atoms with Crippen LogP contribution < -0.4 is 11.0 Å². The van der Waals surface area contributed by atoms with Gasteiger partial charge in [-0.25, -0.2) is 9.89 Å². The summed E-state index contributed by atoms with van der Waals surface area (Å²) in [5.74, 6) is 0. The molecule has 0 saturated carbocycles. The minimum absolute atomic E-state index is 0.201. The van der Waals surface area contributed by atoms with E-state index in [-0.39, 0.29) is 5.69 Å². The second-order valence-corrected chi connectivity index (χ2v) is 6.33. The molecule has 0 saturated heterocycles. The molecule has 2 N–H and O–H groups in total. The fourth-order valence-electron chi connectivity index (χ4n) is 1.69. The molecule has 0 spiro atoms. The maximum atomic E-state index is 11.4. The first kappa shape index (κ1) is 15.3. The van der Waals surface area contributed by atoms with Gasteiger partial charge in [0, 0.05) is 23.0 Å². The first-order valence-electron chi connectivity index (χ1n) is 6.40. The van der Waals surface area contributed by atoms with Gasteiger partial charge in [0.2, 0.25) is 0 Å². The van der Waals surface area contributed by atoms with Gasteiger partial charge in [-0.1, -0.05) is 28.9 Å². The van der Waals surface area contributed by atoms with Crippen molar-refractivity contribution in [1.82, 2.24) is 20.1 Å². The van der Waals surface area contributed by atoms with Crippen LogP contribution in [0.15, 0.2) is 37.5 Å². The lowest BCUT2D eigenvalue weighted by Gasteiger charge is -2.10. The molecule has 20 heavy (non-hydrogen) atoms. The molecule has 1 heterocycles. The van der Waals surface area contributed by atoms with Gasteiger partial charge in [0.15, 0.2) is 5.16 Å². The molecular formula is C13H17BrN4OS. The highest BCUT2D eigenvalue weighted by molar-refractivity contribution is 9.10. The topological polar surface area (TPSA) is 62.7 Å². The summed E-state index contributed by atoms with van der Waals surface area (Å²) in [5.41, 5.74) is 0.996. The molecule has 0 aliphatic rings. The third-order valence-electron chi connectivity index (χ3n) is 2.81. The van der Waals surface area contributed by atoms with Crippen LogP contribution in [0.2, 0.25) is 0 Å². The number of aromatic amines is 1. The van der Waals surface area contributed by atoms with E-state index < -0.39 is 0 Å². The number of hydrogen-bond donors (Lipinski definition) is 2. The van der Waals surface area contributed by atoms with Gasteiger partial charge in [0.05, 0.1) is 0 Å². The summed E-state index contributed by atoms with van der Waals surface area (Å²) in [6.07, 6.45) is 1.10. The van der Waals surface area contributed by atoms with E-state index in [1.807, 2.05) is 12.1 Å². The quantitative estimate of drug-likeness (QED) is 0.780. The lowest BCUT2D eigenvalue weighted by Crippen LogP contribution is -2.14. The van der Waals surface area contributed by atoms with Crippen molar-refractivity contribution in [2.24, 2.45) is 7.05 Å². The maximum absolute atomic E-state index is 11.4. The zero-order valence-electron chi connectivity index (χ0n) is 11.4. The van der Waals surface area contributed by atoms with Gasteiger partial charge in [-0.15, -0.1) is 5.10 Å². The highest BCUT2D eigenvalue weighted by Gasteiger charge is 2.10. The molecule has 2 rings (SSSR count). The summed E-state index contributed by atoms with van der Waals surface area (Å²) >= 11 is 4.97. The Morgan fingerprint density at radius 1 is 1.50 bits per heavy atom. The van der Waals surface area contributed by atoms with Crippen molar-refractivity contribution >= 4 is 27.7 Å². The number of aromatic nitrogens is 3. The summed E-state index contributed by atoms with van der Waals surface area (Å²) in [6.45, 7) is 3.94. The van der Waals surface area contributed by atoms with Crippen LogP contribution in [0, 0.1) is 0 Å². The minimum atomic E-state index is -0.201. The Bertz CT molecular complexity index is 638. The van der Waals surface area contributed by atoms with Crippen LogP contribution in [-0.2, 0) is 13.6 Å². The smallest absolute Gasteiger partial charge is 0.313 e. The Morgan fingerprint density at radius 3 is 2.95 bits per heavy atom. The van der Waals surface area contributed by atoms with Crippen molar-refractivity contribution in [1.29, 1.82) is 0 Å². The fraction of sp³-hybridized carbons (Fsp3) is 0.385. The van der Waals surface area contributed by atoms with Gasteiger partial charge in [0.25, 0.3) is 0 Å². The molecule has 0 amide bonds. The van der Waals surface area contributed by atoms with Crippen LogP contribution in [0.3, 0.4) is 0 Å². The second kappa shape index (κ2) is 7.10. The first-order chi connectivity index (χ1) is 9.61. The van der Waals surface area contributed by atoms with E-state index in [1.165, 1.54) is 21.9 Å². The third kappa shape index (κ3) is 3.74. The second-order valence-electron chi connectivity index (χ2n) is 4.40. The Hall–Kier alpha value is -1.05. The molecule has 0 atom stereocenters. The molecule has 0 aliphatic carbocycles. The van der Waals surface area contributed by atoms with Gasteiger partial charge in [0.1, 0.15) is 0 Å². The van der Waals surface area contributed by atoms with Crippen LogP contribution in [0.25, 0.3) is 0 Å². The van der Waals surface area contributed by atoms with Crippen LogP contribution in [0.1, 0.15) is 18.9 Å². The van der Waals surface area contributed by atoms with E-state index in [2.05, 4.69) is 44.4 Å². The van der Waals surface area contributed by atoms with Crippen molar-refractivity contribution in [2.45, 2.75) is 29.9 Å². The monoisotopic (exact) mass is 356 g/mol. The van der Waals surface area contributed by atoms with Crippen LogP contribution >= 0.6 is 27.7 Å². The third-order valence-corrected chi connectivity index (χ3v) is 4.45. The molecule has 2 aromatic rings. The fourth-order valence-corrected chi connectivity index (χ4v) is 3.17. The SMILES string of the molecule is CCCNCc1ccc(Br)cc1Sc1n[nH]c(=O)n1C. The van der Waals surface area contributed by atoms with Crippen LogP contribution in [0.5, 0.6) is 0 Å². The highest BCUT2D eigenvalue weighted by Crippen LogP contribution is 2.30. The van der Waals surface area contributed by atoms with Crippen molar-refractivity contribution < 1.29 is 0 Å². The maximum Gasteiger partial charge on any atom is 0.343 e. The van der Waals surface area contributed by atoms with E-state index in [1.54, 1.807) is 7.05 Å². The van der Waals surface area contributed by atoms with E-state index in [0.29, 0.717) is 5.16 Å². The number of nitrogens with one attached hydrogen (secondary N) is 2. The number of benzene rings is 1. The molecular weight excluding hydrogens is 340 g/mol. The highest BCUT2D eigenvalue weighted by atomic mass is 79.9. The molecule has 0 radical (unpaired) electrons. The number of nitrogens with zero attached hydrogens (tertiary/aromatic N) is 2. The van der Waals surface area contributed by atoms with Gasteiger partial charge >= 0.3 is 5.69 Å². The Morgan fingerprint density at radius 2 is 2.30 bits per heavy atom.